The van der Waals surface area contributed by atoms with Crippen LogP contribution in [0.3, 0.4) is 0 Å². The molecule has 0 aliphatic carbocycles. The lowest BCUT2D eigenvalue weighted by atomic mass is 10.1. The summed E-state index contributed by atoms with van der Waals surface area (Å²) in [5.74, 6) is 0.384. The minimum atomic E-state index is -3.64. The van der Waals surface area contributed by atoms with E-state index in [1.54, 1.807) is 12.4 Å². The van der Waals surface area contributed by atoms with Crippen LogP contribution in [-0.2, 0) is 14.8 Å². The van der Waals surface area contributed by atoms with Gasteiger partial charge in [0.2, 0.25) is 10.0 Å². The van der Waals surface area contributed by atoms with Gasteiger partial charge < -0.3 is 4.74 Å². The highest BCUT2D eigenvalue weighted by Crippen LogP contribution is 2.29. The molecule has 0 bridgehead atoms. The van der Waals surface area contributed by atoms with Crippen molar-refractivity contribution in [2.75, 3.05) is 6.61 Å². The van der Waals surface area contributed by atoms with Crippen LogP contribution >= 0.6 is 0 Å². The maximum atomic E-state index is 11.5. The van der Waals surface area contributed by atoms with Crippen molar-refractivity contribution >= 4 is 10.0 Å². The number of primary sulfonamides is 1. The Kier molecular flexibility index (Phi) is 3.41. The minimum Gasteiger partial charge on any atom is -0.369 e. The number of sulfonamides is 1. The molecule has 0 amide bonds. The van der Waals surface area contributed by atoms with Gasteiger partial charge in [-0.2, -0.15) is 0 Å². The van der Waals surface area contributed by atoms with E-state index in [2.05, 4.69) is 9.97 Å². The van der Waals surface area contributed by atoms with Gasteiger partial charge in [0, 0.05) is 19.0 Å². The average molecular weight is 257 g/mol. The van der Waals surface area contributed by atoms with Gasteiger partial charge in [-0.3, -0.25) is 0 Å². The van der Waals surface area contributed by atoms with Crippen molar-refractivity contribution in [2.45, 2.75) is 31.1 Å². The molecule has 1 aromatic heterocycles. The smallest absolute Gasteiger partial charge is 0.215 e. The quantitative estimate of drug-likeness (QED) is 0.821. The second kappa shape index (κ2) is 4.67. The molecule has 94 valence electrons. The Morgan fingerprint density at radius 1 is 1.41 bits per heavy atom. The van der Waals surface area contributed by atoms with E-state index in [4.69, 9.17) is 9.88 Å². The van der Waals surface area contributed by atoms with Gasteiger partial charge in [0.05, 0.1) is 0 Å². The Hall–Kier alpha value is -1.05. The van der Waals surface area contributed by atoms with Crippen molar-refractivity contribution in [3.8, 4) is 0 Å². The highest BCUT2D eigenvalue weighted by molar-refractivity contribution is 7.89. The van der Waals surface area contributed by atoms with E-state index in [0.29, 0.717) is 25.3 Å². The molecule has 0 unspecified atom stereocenters. The minimum absolute atomic E-state index is 0.384. The summed E-state index contributed by atoms with van der Waals surface area (Å²) < 4.78 is 28.4. The number of nitrogens with two attached hydrogens (primary N) is 1. The van der Waals surface area contributed by atoms with Crippen molar-refractivity contribution in [1.82, 2.24) is 9.97 Å². The van der Waals surface area contributed by atoms with E-state index in [0.717, 1.165) is 5.56 Å². The first-order chi connectivity index (χ1) is 7.98. The second-order valence-electron chi connectivity index (χ2n) is 4.18. The molecule has 6 nitrogen and oxygen atoms in total. The molecule has 1 aliphatic rings. The van der Waals surface area contributed by atoms with Crippen molar-refractivity contribution in [1.29, 1.82) is 0 Å². The van der Waals surface area contributed by atoms with Crippen LogP contribution in [0, 0.1) is 6.92 Å². The summed E-state index contributed by atoms with van der Waals surface area (Å²) >= 11 is 0. The van der Waals surface area contributed by atoms with Gasteiger partial charge in [-0.05, 0) is 25.3 Å². The third kappa shape index (κ3) is 2.80. The zero-order valence-electron chi connectivity index (χ0n) is 9.54. The zero-order valence-corrected chi connectivity index (χ0v) is 10.4. The first-order valence-electron chi connectivity index (χ1n) is 5.40. The molecule has 1 fully saturated rings. The Labute approximate surface area is 100 Å². The van der Waals surface area contributed by atoms with Crippen molar-refractivity contribution in [3.63, 3.8) is 0 Å². The van der Waals surface area contributed by atoms with E-state index in [9.17, 15) is 8.42 Å². The Morgan fingerprint density at radius 2 is 2.06 bits per heavy atom. The van der Waals surface area contributed by atoms with Crippen LogP contribution in [0.25, 0.3) is 0 Å². The molecule has 0 radical (unpaired) electrons. The molecule has 0 spiro atoms. The molecule has 2 rings (SSSR count). The molecule has 7 heteroatoms. The molecular formula is C10H15N3O3S. The maximum absolute atomic E-state index is 11.5. The highest BCUT2D eigenvalue weighted by Gasteiger charge is 2.37. The number of rotatable bonds is 2. The standard InChI is InChI=1S/C10H15N3O3S/c1-7-5-12-10(13-6-7)9-8(17(11,14)15)3-2-4-16-9/h5-6,8-9H,2-4H2,1H3,(H2,11,14,15)/t8-,9+/m1/s1. The molecule has 2 heterocycles. The van der Waals surface area contributed by atoms with Gasteiger partial charge in [0.15, 0.2) is 5.82 Å². The van der Waals surface area contributed by atoms with E-state index < -0.39 is 21.4 Å². The van der Waals surface area contributed by atoms with E-state index in [-0.39, 0.29) is 0 Å². The van der Waals surface area contributed by atoms with E-state index >= 15 is 0 Å². The summed E-state index contributed by atoms with van der Waals surface area (Å²) in [6, 6.07) is 0. The molecule has 1 aromatic rings. The van der Waals surface area contributed by atoms with Gasteiger partial charge in [0.25, 0.3) is 0 Å². The molecule has 0 saturated carbocycles. The maximum Gasteiger partial charge on any atom is 0.215 e. The van der Waals surface area contributed by atoms with Crippen LogP contribution in [0.5, 0.6) is 0 Å². The molecular weight excluding hydrogens is 242 g/mol. The van der Waals surface area contributed by atoms with E-state index in [1.165, 1.54) is 0 Å². The number of ether oxygens (including phenoxy) is 1. The van der Waals surface area contributed by atoms with Crippen LogP contribution < -0.4 is 5.14 Å². The summed E-state index contributed by atoms with van der Waals surface area (Å²) in [5.41, 5.74) is 0.914. The average Bonchev–Trinajstić information content (AvgIpc) is 2.29. The number of aryl methyl sites for hydroxylation is 1. The number of nitrogens with zero attached hydrogens (tertiary/aromatic N) is 2. The topological polar surface area (TPSA) is 95.2 Å². The summed E-state index contributed by atoms with van der Waals surface area (Å²) in [6.45, 7) is 2.37. The lowest BCUT2D eigenvalue weighted by Gasteiger charge is -2.28. The molecule has 2 N–H and O–H groups in total. The number of aromatic nitrogens is 2. The van der Waals surface area contributed by atoms with Gasteiger partial charge in [-0.15, -0.1) is 0 Å². The summed E-state index contributed by atoms with van der Waals surface area (Å²) in [5, 5.41) is 4.45. The number of hydrogen-bond acceptors (Lipinski definition) is 5. The van der Waals surface area contributed by atoms with E-state index in [1.807, 2.05) is 6.92 Å². The fourth-order valence-electron chi connectivity index (χ4n) is 1.88. The van der Waals surface area contributed by atoms with Gasteiger partial charge >= 0.3 is 0 Å². The van der Waals surface area contributed by atoms with Crippen LogP contribution in [0.1, 0.15) is 30.3 Å². The summed E-state index contributed by atoms with van der Waals surface area (Å²) in [7, 11) is -3.64. The third-order valence-electron chi connectivity index (χ3n) is 2.75. The van der Waals surface area contributed by atoms with Crippen LogP contribution in [0.4, 0.5) is 0 Å². The fourth-order valence-corrected chi connectivity index (χ4v) is 2.92. The predicted octanol–water partition coefficient (Wildman–Crippen LogP) is 0.294. The van der Waals surface area contributed by atoms with Crippen molar-refractivity contribution in [3.05, 3.63) is 23.8 Å². The molecule has 1 saturated heterocycles. The first kappa shape index (κ1) is 12.4. The van der Waals surface area contributed by atoms with Crippen molar-refractivity contribution < 1.29 is 13.2 Å². The largest absolute Gasteiger partial charge is 0.369 e. The molecule has 17 heavy (non-hydrogen) atoms. The van der Waals surface area contributed by atoms with Crippen LogP contribution in [0.2, 0.25) is 0 Å². The zero-order chi connectivity index (χ0) is 12.5. The molecule has 0 aromatic carbocycles. The van der Waals surface area contributed by atoms with Gasteiger partial charge in [-0.25, -0.2) is 23.5 Å². The lowest BCUT2D eigenvalue weighted by Crippen LogP contribution is -2.39. The third-order valence-corrected chi connectivity index (χ3v) is 4.07. The fraction of sp³-hybridized carbons (Fsp3) is 0.600. The Morgan fingerprint density at radius 3 is 2.65 bits per heavy atom. The monoisotopic (exact) mass is 257 g/mol. The molecule has 2 atom stereocenters. The summed E-state index contributed by atoms with van der Waals surface area (Å²) in [4.78, 5) is 8.22. The second-order valence-corrected chi connectivity index (χ2v) is 5.96. The van der Waals surface area contributed by atoms with Crippen molar-refractivity contribution in [2.24, 2.45) is 5.14 Å². The van der Waals surface area contributed by atoms with Gasteiger partial charge in [-0.1, -0.05) is 0 Å². The normalized spacial score (nSPS) is 25.8. The first-order valence-corrected chi connectivity index (χ1v) is 7.01. The molecule has 1 aliphatic heterocycles. The Balaban J connectivity index is 2.31. The predicted molar refractivity (Wildman–Crippen MR) is 61.6 cm³/mol. The highest BCUT2D eigenvalue weighted by atomic mass is 32.2. The van der Waals surface area contributed by atoms with Crippen LogP contribution in [0.15, 0.2) is 12.4 Å². The Bertz CT molecular complexity index is 486. The van der Waals surface area contributed by atoms with Crippen LogP contribution in [-0.4, -0.2) is 30.2 Å². The summed E-state index contributed by atoms with van der Waals surface area (Å²) in [6.07, 6.45) is 3.80. The van der Waals surface area contributed by atoms with Gasteiger partial charge in [0.1, 0.15) is 11.4 Å². The number of hydrogen-bond donors (Lipinski definition) is 1. The SMILES string of the molecule is Cc1cnc([C@H]2OCCC[C@H]2S(N)(=O)=O)nc1. The lowest BCUT2D eigenvalue weighted by molar-refractivity contribution is 0.0125.